The van der Waals surface area contributed by atoms with Crippen LogP contribution in [0.5, 0.6) is 0 Å². The highest BCUT2D eigenvalue weighted by molar-refractivity contribution is 7.12. The van der Waals surface area contributed by atoms with Crippen molar-refractivity contribution in [1.82, 2.24) is 9.78 Å². The minimum absolute atomic E-state index is 0.129. The fourth-order valence-corrected chi connectivity index (χ4v) is 2.56. The van der Waals surface area contributed by atoms with Gasteiger partial charge in [-0.2, -0.15) is 5.10 Å². The summed E-state index contributed by atoms with van der Waals surface area (Å²) in [6, 6.07) is 5.89. The summed E-state index contributed by atoms with van der Waals surface area (Å²) < 4.78 is 1.62. The van der Waals surface area contributed by atoms with Crippen molar-refractivity contribution in [3.05, 3.63) is 39.8 Å². The van der Waals surface area contributed by atoms with E-state index in [4.69, 9.17) is 0 Å². The number of Topliss-reactive ketones (excluding diaryl/α,β-unsaturated/α-hetero) is 1. The molecule has 0 saturated carbocycles. The van der Waals surface area contributed by atoms with Crippen LogP contribution in [0.25, 0.3) is 0 Å². The van der Waals surface area contributed by atoms with Gasteiger partial charge in [0.05, 0.1) is 0 Å². The van der Waals surface area contributed by atoms with Crippen molar-refractivity contribution >= 4 is 17.1 Å². The molecule has 3 nitrogen and oxygen atoms in total. The zero-order valence-corrected chi connectivity index (χ0v) is 10.3. The Labute approximate surface area is 98.7 Å². The monoisotopic (exact) mass is 234 g/mol. The molecule has 0 aliphatic carbocycles. The van der Waals surface area contributed by atoms with Gasteiger partial charge in [-0.15, -0.1) is 11.3 Å². The smallest absolute Gasteiger partial charge is 0.186 e. The van der Waals surface area contributed by atoms with Gasteiger partial charge >= 0.3 is 0 Å². The molecule has 0 bridgehead atoms. The molecule has 2 heterocycles. The number of carbonyl (C=O) groups excluding carboxylic acids is 1. The molecular formula is C12H14N2OS. The van der Waals surface area contributed by atoms with E-state index in [-0.39, 0.29) is 5.78 Å². The van der Waals surface area contributed by atoms with Gasteiger partial charge in [0, 0.05) is 29.4 Å². The maximum Gasteiger partial charge on any atom is 0.186 e. The van der Waals surface area contributed by atoms with Crippen LogP contribution in [0.2, 0.25) is 0 Å². The van der Waals surface area contributed by atoms with Gasteiger partial charge in [0.1, 0.15) is 5.69 Å². The van der Waals surface area contributed by atoms with E-state index in [0.29, 0.717) is 12.1 Å². The largest absolute Gasteiger partial charge is 0.292 e. The summed E-state index contributed by atoms with van der Waals surface area (Å²) in [5.74, 6) is 0.129. The molecule has 0 spiro atoms. The lowest BCUT2D eigenvalue weighted by Gasteiger charge is -1.99. The Morgan fingerprint density at radius 3 is 2.69 bits per heavy atom. The number of carbonyl (C=O) groups is 1. The number of aromatic nitrogens is 2. The van der Waals surface area contributed by atoms with Crippen LogP contribution in [0, 0.1) is 0 Å². The van der Waals surface area contributed by atoms with Crippen molar-refractivity contribution in [3.8, 4) is 0 Å². The van der Waals surface area contributed by atoms with Gasteiger partial charge in [0.25, 0.3) is 0 Å². The van der Waals surface area contributed by atoms with E-state index >= 15 is 0 Å². The van der Waals surface area contributed by atoms with E-state index in [0.717, 1.165) is 11.3 Å². The Morgan fingerprint density at radius 1 is 1.38 bits per heavy atom. The summed E-state index contributed by atoms with van der Waals surface area (Å²) in [7, 11) is 1.79. The van der Waals surface area contributed by atoms with Gasteiger partial charge in [-0.1, -0.05) is 6.92 Å². The minimum Gasteiger partial charge on any atom is -0.292 e. The highest BCUT2D eigenvalue weighted by Crippen LogP contribution is 2.18. The van der Waals surface area contributed by atoms with Crippen LogP contribution in [0.3, 0.4) is 0 Å². The Kier molecular flexibility index (Phi) is 3.19. The van der Waals surface area contributed by atoms with Gasteiger partial charge in [0.2, 0.25) is 0 Å². The van der Waals surface area contributed by atoms with Crippen LogP contribution in [-0.4, -0.2) is 15.6 Å². The second kappa shape index (κ2) is 4.61. The van der Waals surface area contributed by atoms with E-state index in [9.17, 15) is 4.79 Å². The Balaban J connectivity index is 2.11. The number of hydrogen-bond acceptors (Lipinski definition) is 3. The summed E-state index contributed by atoms with van der Waals surface area (Å²) in [5.41, 5.74) is 0.673. The van der Waals surface area contributed by atoms with Crippen LogP contribution in [-0.2, 0) is 19.9 Å². The molecule has 0 saturated heterocycles. The average molecular weight is 234 g/mol. The first-order valence-corrected chi connectivity index (χ1v) is 6.11. The number of rotatable bonds is 4. The lowest BCUT2D eigenvalue weighted by Crippen LogP contribution is -2.08. The fourth-order valence-electron chi connectivity index (χ4n) is 1.60. The molecule has 0 aliphatic rings. The maximum atomic E-state index is 11.9. The molecule has 4 heteroatoms. The zero-order chi connectivity index (χ0) is 11.5. The predicted octanol–water partition coefficient (Wildman–Crippen LogP) is 2.47. The van der Waals surface area contributed by atoms with Crippen molar-refractivity contribution in [1.29, 1.82) is 0 Å². The molecule has 0 aromatic carbocycles. The lowest BCUT2D eigenvalue weighted by atomic mass is 10.2. The standard InChI is InChI=1S/C12H14N2OS/c1-3-9-4-5-10(16-9)8-12(15)11-6-7-13-14(11)2/h4-7H,3,8H2,1-2H3. The first-order valence-electron chi connectivity index (χ1n) is 5.29. The van der Waals surface area contributed by atoms with Crippen LogP contribution in [0.15, 0.2) is 24.4 Å². The van der Waals surface area contributed by atoms with Crippen LogP contribution < -0.4 is 0 Å². The molecule has 2 aromatic rings. The number of thiophene rings is 1. The zero-order valence-electron chi connectivity index (χ0n) is 9.43. The third kappa shape index (κ3) is 2.22. The maximum absolute atomic E-state index is 11.9. The summed E-state index contributed by atoms with van der Waals surface area (Å²) in [5, 5.41) is 4.00. The summed E-state index contributed by atoms with van der Waals surface area (Å²) >= 11 is 1.71. The number of hydrogen-bond donors (Lipinski definition) is 0. The van der Waals surface area contributed by atoms with Crippen LogP contribution in [0.1, 0.15) is 27.2 Å². The van der Waals surface area contributed by atoms with Crippen LogP contribution >= 0.6 is 11.3 Å². The first-order chi connectivity index (χ1) is 7.70. The normalized spacial score (nSPS) is 10.6. The van der Waals surface area contributed by atoms with E-state index < -0.39 is 0 Å². The van der Waals surface area contributed by atoms with Crippen molar-refractivity contribution in [3.63, 3.8) is 0 Å². The fraction of sp³-hybridized carbons (Fsp3) is 0.333. The minimum atomic E-state index is 0.129. The van der Waals surface area contributed by atoms with E-state index in [2.05, 4.69) is 18.1 Å². The van der Waals surface area contributed by atoms with Crippen LogP contribution in [0.4, 0.5) is 0 Å². The summed E-state index contributed by atoms with van der Waals surface area (Å²) in [6.45, 7) is 2.12. The van der Waals surface area contributed by atoms with E-state index in [1.807, 2.05) is 6.07 Å². The van der Waals surface area contributed by atoms with Gasteiger partial charge in [0.15, 0.2) is 5.78 Å². The predicted molar refractivity (Wildman–Crippen MR) is 64.9 cm³/mol. The molecule has 84 valence electrons. The van der Waals surface area contributed by atoms with E-state index in [1.54, 1.807) is 35.3 Å². The molecule has 0 unspecified atom stereocenters. The van der Waals surface area contributed by atoms with Gasteiger partial charge < -0.3 is 0 Å². The van der Waals surface area contributed by atoms with Crippen molar-refractivity contribution < 1.29 is 4.79 Å². The van der Waals surface area contributed by atoms with Gasteiger partial charge in [-0.05, 0) is 24.6 Å². The topological polar surface area (TPSA) is 34.9 Å². The Morgan fingerprint density at radius 2 is 2.12 bits per heavy atom. The molecular weight excluding hydrogens is 220 g/mol. The third-order valence-electron chi connectivity index (χ3n) is 2.51. The molecule has 16 heavy (non-hydrogen) atoms. The highest BCUT2D eigenvalue weighted by atomic mass is 32.1. The molecule has 0 atom stereocenters. The van der Waals surface area contributed by atoms with Crippen molar-refractivity contribution in [2.24, 2.45) is 7.05 Å². The molecule has 0 radical (unpaired) electrons. The number of nitrogens with zero attached hydrogens (tertiary/aromatic N) is 2. The SMILES string of the molecule is CCc1ccc(CC(=O)c2ccnn2C)s1. The molecule has 2 rings (SSSR count). The molecule has 0 N–H and O–H groups in total. The Hall–Kier alpha value is -1.42. The summed E-state index contributed by atoms with van der Waals surface area (Å²) in [6.07, 6.45) is 3.16. The quantitative estimate of drug-likeness (QED) is 0.762. The molecule has 2 aromatic heterocycles. The Bertz CT molecular complexity index is 499. The summed E-state index contributed by atoms with van der Waals surface area (Å²) in [4.78, 5) is 14.4. The third-order valence-corrected chi connectivity index (χ3v) is 3.74. The van der Waals surface area contributed by atoms with E-state index in [1.165, 1.54) is 4.88 Å². The lowest BCUT2D eigenvalue weighted by molar-refractivity contribution is 0.0985. The molecule has 0 amide bonds. The molecule has 0 fully saturated rings. The van der Waals surface area contributed by atoms with Gasteiger partial charge in [-0.25, -0.2) is 0 Å². The molecule has 0 aliphatic heterocycles. The second-order valence-corrected chi connectivity index (χ2v) is 4.91. The van der Waals surface area contributed by atoms with Crippen molar-refractivity contribution in [2.75, 3.05) is 0 Å². The van der Waals surface area contributed by atoms with Crippen molar-refractivity contribution in [2.45, 2.75) is 19.8 Å². The highest BCUT2D eigenvalue weighted by Gasteiger charge is 2.11. The van der Waals surface area contributed by atoms with Gasteiger partial charge in [-0.3, -0.25) is 9.48 Å². The first kappa shape index (κ1) is 11.1. The average Bonchev–Trinajstić information content (AvgIpc) is 2.86. The second-order valence-electron chi connectivity index (χ2n) is 3.66. The number of aryl methyl sites for hydroxylation is 2. The number of ketones is 1.